The molecule has 0 saturated carbocycles. The van der Waals surface area contributed by atoms with Gasteiger partial charge in [0, 0.05) is 5.92 Å². The Bertz CT molecular complexity index is 674. The van der Waals surface area contributed by atoms with E-state index in [9.17, 15) is 14.0 Å². The summed E-state index contributed by atoms with van der Waals surface area (Å²) < 4.78 is 17.7. The number of alkyl carbamates (subject to hydrolysis) is 1. The maximum absolute atomic E-state index is 13.2. The predicted octanol–water partition coefficient (Wildman–Crippen LogP) is 2.17. The van der Waals surface area contributed by atoms with E-state index in [0.29, 0.717) is 5.56 Å². The average molecular weight is 316 g/mol. The molecular formula is C17H17FN2O3. The number of primary amides is 1. The molecule has 0 aliphatic rings. The average Bonchev–Trinajstić information content (AvgIpc) is 2.56. The second kappa shape index (κ2) is 7.40. The van der Waals surface area contributed by atoms with Gasteiger partial charge >= 0.3 is 6.09 Å². The van der Waals surface area contributed by atoms with Crippen LogP contribution in [0, 0.1) is 5.82 Å². The van der Waals surface area contributed by atoms with E-state index in [-0.39, 0.29) is 0 Å². The highest BCUT2D eigenvalue weighted by molar-refractivity contribution is 5.86. The van der Waals surface area contributed by atoms with Gasteiger partial charge in [-0.15, -0.1) is 0 Å². The second-order valence-electron chi connectivity index (χ2n) is 4.96. The number of methoxy groups -OCH3 is 1. The Kier molecular flexibility index (Phi) is 5.30. The molecule has 3 N–H and O–H groups in total. The molecule has 2 atom stereocenters. The lowest BCUT2D eigenvalue weighted by atomic mass is 9.84. The zero-order chi connectivity index (χ0) is 16.8. The minimum Gasteiger partial charge on any atom is -0.453 e. The minimum absolute atomic E-state index is 0.392. The number of amides is 2. The van der Waals surface area contributed by atoms with E-state index >= 15 is 0 Å². The molecule has 0 aliphatic heterocycles. The maximum atomic E-state index is 13.2. The quantitative estimate of drug-likeness (QED) is 0.887. The third-order valence-corrected chi connectivity index (χ3v) is 3.49. The molecule has 0 fully saturated rings. The number of halogens is 1. The molecule has 1 unspecified atom stereocenters. The fourth-order valence-electron chi connectivity index (χ4n) is 2.41. The summed E-state index contributed by atoms with van der Waals surface area (Å²) in [5.74, 6) is -1.67. The van der Waals surface area contributed by atoms with E-state index in [1.54, 1.807) is 12.1 Å². The van der Waals surface area contributed by atoms with Crippen molar-refractivity contribution in [3.05, 3.63) is 71.5 Å². The first-order valence-corrected chi connectivity index (χ1v) is 6.97. The normalized spacial score (nSPS) is 13.0. The number of hydrogen-bond donors (Lipinski definition) is 2. The van der Waals surface area contributed by atoms with E-state index in [2.05, 4.69) is 10.1 Å². The van der Waals surface area contributed by atoms with Crippen molar-refractivity contribution in [1.82, 2.24) is 5.32 Å². The van der Waals surface area contributed by atoms with Gasteiger partial charge in [0.15, 0.2) is 0 Å². The Hall–Kier alpha value is -2.89. The van der Waals surface area contributed by atoms with E-state index in [1.807, 2.05) is 30.3 Å². The highest BCUT2D eigenvalue weighted by Gasteiger charge is 2.31. The Morgan fingerprint density at radius 1 is 1.04 bits per heavy atom. The van der Waals surface area contributed by atoms with Crippen molar-refractivity contribution in [2.45, 2.75) is 12.0 Å². The first-order valence-electron chi connectivity index (χ1n) is 6.97. The fourth-order valence-corrected chi connectivity index (χ4v) is 2.41. The van der Waals surface area contributed by atoms with Gasteiger partial charge in [-0.25, -0.2) is 9.18 Å². The topological polar surface area (TPSA) is 81.4 Å². The number of benzene rings is 2. The number of rotatable bonds is 5. The summed E-state index contributed by atoms with van der Waals surface area (Å²) in [6.45, 7) is 0. The Labute approximate surface area is 133 Å². The van der Waals surface area contributed by atoms with Crippen molar-refractivity contribution in [1.29, 1.82) is 0 Å². The van der Waals surface area contributed by atoms with Crippen LogP contribution >= 0.6 is 0 Å². The van der Waals surface area contributed by atoms with Crippen molar-refractivity contribution in [3.8, 4) is 0 Å². The summed E-state index contributed by atoms with van der Waals surface area (Å²) in [5.41, 5.74) is 6.88. The highest BCUT2D eigenvalue weighted by atomic mass is 19.1. The highest BCUT2D eigenvalue weighted by Crippen LogP contribution is 2.28. The standard InChI is InChI=1S/C17H17FN2O3/c1-23-17(22)20-15(16(19)21)14(11-5-3-2-4-6-11)12-7-9-13(18)10-8-12/h2-10,14-15H,1H3,(H2,19,21)(H,20,22)/t14?,15-/m0/s1. The molecular weight excluding hydrogens is 299 g/mol. The maximum Gasteiger partial charge on any atom is 0.407 e. The second-order valence-corrected chi connectivity index (χ2v) is 4.96. The first-order chi connectivity index (χ1) is 11.0. The van der Waals surface area contributed by atoms with Gasteiger partial charge in [0.2, 0.25) is 5.91 Å². The van der Waals surface area contributed by atoms with Crippen LogP contribution in [0.2, 0.25) is 0 Å². The number of nitrogens with two attached hydrogens (primary N) is 1. The number of nitrogens with one attached hydrogen (secondary N) is 1. The zero-order valence-electron chi connectivity index (χ0n) is 12.5. The van der Waals surface area contributed by atoms with Gasteiger partial charge in [0.1, 0.15) is 11.9 Å². The molecule has 0 aliphatic carbocycles. The third-order valence-electron chi connectivity index (χ3n) is 3.49. The summed E-state index contributed by atoms with van der Waals surface area (Å²) in [5, 5.41) is 2.45. The molecule has 120 valence electrons. The molecule has 0 bridgehead atoms. The molecule has 0 spiro atoms. The molecule has 5 nitrogen and oxygen atoms in total. The van der Waals surface area contributed by atoms with Crippen molar-refractivity contribution in [2.24, 2.45) is 5.73 Å². The van der Waals surface area contributed by atoms with Gasteiger partial charge in [-0.05, 0) is 23.3 Å². The molecule has 2 aromatic carbocycles. The van der Waals surface area contributed by atoms with Crippen LogP contribution in [0.5, 0.6) is 0 Å². The molecule has 0 saturated heterocycles. The Morgan fingerprint density at radius 2 is 1.61 bits per heavy atom. The van der Waals surface area contributed by atoms with Crippen LogP contribution in [0.25, 0.3) is 0 Å². The fraction of sp³-hybridized carbons (Fsp3) is 0.176. The van der Waals surface area contributed by atoms with Crippen molar-refractivity contribution in [2.75, 3.05) is 7.11 Å². The van der Waals surface area contributed by atoms with Crippen LogP contribution in [0.1, 0.15) is 17.0 Å². The molecule has 2 amide bonds. The Morgan fingerprint density at radius 3 is 2.13 bits per heavy atom. The van der Waals surface area contributed by atoms with Crippen molar-refractivity contribution >= 4 is 12.0 Å². The van der Waals surface area contributed by atoms with E-state index in [4.69, 9.17) is 5.73 Å². The van der Waals surface area contributed by atoms with Gasteiger partial charge < -0.3 is 15.8 Å². The predicted molar refractivity (Wildman–Crippen MR) is 83.2 cm³/mol. The lowest BCUT2D eigenvalue weighted by Crippen LogP contribution is -2.48. The monoisotopic (exact) mass is 316 g/mol. The zero-order valence-corrected chi connectivity index (χ0v) is 12.5. The van der Waals surface area contributed by atoms with E-state index < -0.39 is 29.8 Å². The molecule has 2 rings (SSSR count). The number of carbonyl (C=O) groups is 2. The smallest absolute Gasteiger partial charge is 0.407 e. The molecule has 23 heavy (non-hydrogen) atoms. The van der Waals surface area contributed by atoms with Crippen LogP contribution in [-0.4, -0.2) is 25.2 Å². The van der Waals surface area contributed by atoms with Crippen LogP contribution in [0.15, 0.2) is 54.6 Å². The summed E-state index contributed by atoms with van der Waals surface area (Å²) >= 11 is 0. The lowest BCUT2D eigenvalue weighted by Gasteiger charge is -2.26. The summed E-state index contributed by atoms with van der Waals surface area (Å²) in [7, 11) is 1.20. The van der Waals surface area contributed by atoms with Gasteiger partial charge in [-0.2, -0.15) is 0 Å². The molecule has 2 aromatic rings. The first kappa shape index (κ1) is 16.5. The van der Waals surface area contributed by atoms with Crippen LogP contribution < -0.4 is 11.1 Å². The van der Waals surface area contributed by atoms with E-state index in [0.717, 1.165) is 5.56 Å². The van der Waals surface area contributed by atoms with Gasteiger partial charge in [-0.1, -0.05) is 42.5 Å². The number of carbonyl (C=O) groups excluding carboxylic acids is 2. The van der Waals surface area contributed by atoms with Gasteiger partial charge in [-0.3, -0.25) is 4.79 Å². The van der Waals surface area contributed by atoms with Crippen LogP contribution in [0.4, 0.5) is 9.18 Å². The van der Waals surface area contributed by atoms with Gasteiger partial charge in [0.05, 0.1) is 7.11 Å². The summed E-state index contributed by atoms with van der Waals surface area (Å²) in [6, 6.07) is 13.7. The van der Waals surface area contributed by atoms with E-state index in [1.165, 1.54) is 19.2 Å². The van der Waals surface area contributed by atoms with Crippen molar-refractivity contribution < 1.29 is 18.7 Å². The number of ether oxygens (including phenoxy) is 1. The lowest BCUT2D eigenvalue weighted by molar-refractivity contribution is -0.120. The number of hydrogen-bond acceptors (Lipinski definition) is 3. The molecule has 0 aromatic heterocycles. The molecule has 6 heteroatoms. The van der Waals surface area contributed by atoms with Gasteiger partial charge in [0.25, 0.3) is 0 Å². The van der Waals surface area contributed by atoms with Crippen molar-refractivity contribution in [3.63, 3.8) is 0 Å². The largest absolute Gasteiger partial charge is 0.453 e. The molecule has 0 heterocycles. The Balaban J connectivity index is 2.48. The SMILES string of the molecule is COC(=O)N[C@H](C(N)=O)C(c1ccccc1)c1ccc(F)cc1. The summed E-state index contributed by atoms with van der Waals surface area (Å²) in [4.78, 5) is 23.4. The minimum atomic E-state index is -1.03. The summed E-state index contributed by atoms with van der Waals surface area (Å²) in [6.07, 6.45) is -0.767. The third kappa shape index (κ3) is 4.06. The van der Waals surface area contributed by atoms with Crippen LogP contribution in [0.3, 0.4) is 0 Å². The van der Waals surface area contributed by atoms with Crippen LogP contribution in [-0.2, 0) is 9.53 Å². The molecule has 0 radical (unpaired) electrons.